The maximum atomic E-state index is 12.6. The Morgan fingerprint density at radius 1 is 1.32 bits per heavy atom. The third-order valence-electron chi connectivity index (χ3n) is 4.88. The van der Waals surface area contributed by atoms with E-state index in [1.807, 2.05) is 39.0 Å². The number of aromatic nitrogens is 2. The Bertz CT molecular complexity index is 747. The molecular formula is C19H26N4O2. The number of amides is 1. The highest BCUT2D eigenvalue weighted by atomic mass is 16.5. The van der Waals surface area contributed by atoms with Gasteiger partial charge in [-0.1, -0.05) is 49.5 Å². The first kappa shape index (κ1) is 17.6. The Labute approximate surface area is 148 Å². The van der Waals surface area contributed by atoms with Crippen LogP contribution in [0.15, 0.2) is 28.8 Å². The van der Waals surface area contributed by atoms with E-state index in [2.05, 4.69) is 15.5 Å². The van der Waals surface area contributed by atoms with E-state index in [4.69, 9.17) is 10.3 Å². The summed E-state index contributed by atoms with van der Waals surface area (Å²) in [6, 6.07) is 7.14. The van der Waals surface area contributed by atoms with Crippen molar-refractivity contribution in [2.45, 2.75) is 58.0 Å². The summed E-state index contributed by atoms with van der Waals surface area (Å²) in [4.78, 5) is 17.1. The van der Waals surface area contributed by atoms with Crippen LogP contribution in [-0.2, 0) is 5.54 Å². The second-order valence-corrected chi connectivity index (χ2v) is 7.38. The minimum absolute atomic E-state index is 0.111. The van der Waals surface area contributed by atoms with Crippen LogP contribution in [0, 0.1) is 12.8 Å². The third kappa shape index (κ3) is 3.74. The Morgan fingerprint density at radius 2 is 2.04 bits per heavy atom. The lowest BCUT2D eigenvalue weighted by Gasteiger charge is -2.20. The van der Waals surface area contributed by atoms with Crippen LogP contribution in [0.25, 0.3) is 0 Å². The van der Waals surface area contributed by atoms with E-state index in [0.717, 1.165) is 31.2 Å². The van der Waals surface area contributed by atoms with E-state index in [-0.39, 0.29) is 17.9 Å². The molecule has 1 aliphatic rings. The van der Waals surface area contributed by atoms with E-state index in [1.54, 1.807) is 6.07 Å². The normalized spacial score (nSPS) is 17.6. The van der Waals surface area contributed by atoms with Gasteiger partial charge in [-0.3, -0.25) is 4.79 Å². The van der Waals surface area contributed by atoms with Crippen LogP contribution in [0.2, 0.25) is 0 Å². The van der Waals surface area contributed by atoms with Crippen molar-refractivity contribution in [2.75, 3.05) is 0 Å². The Kier molecular flexibility index (Phi) is 4.90. The molecule has 25 heavy (non-hydrogen) atoms. The fourth-order valence-corrected chi connectivity index (χ4v) is 3.32. The Morgan fingerprint density at radius 3 is 2.68 bits per heavy atom. The van der Waals surface area contributed by atoms with Crippen molar-refractivity contribution in [3.05, 3.63) is 47.1 Å². The second kappa shape index (κ2) is 6.96. The van der Waals surface area contributed by atoms with Crippen molar-refractivity contribution in [2.24, 2.45) is 11.7 Å². The molecule has 0 aliphatic heterocycles. The highest BCUT2D eigenvalue weighted by Crippen LogP contribution is 2.35. The predicted octanol–water partition coefficient (Wildman–Crippen LogP) is 3.23. The first-order valence-corrected chi connectivity index (χ1v) is 8.89. The largest absolute Gasteiger partial charge is 0.340 e. The zero-order chi connectivity index (χ0) is 18.0. The van der Waals surface area contributed by atoms with Crippen molar-refractivity contribution < 1.29 is 9.32 Å². The van der Waals surface area contributed by atoms with E-state index in [1.165, 1.54) is 0 Å². The van der Waals surface area contributed by atoms with Gasteiger partial charge in [-0.05, 0) is 37.8 Å². The van der Waals surface area contributed by atoms with Crippen molar-refractivity contribution >= 4 is 5.91 Å². The van der Waals surface area contributed by atoms with Gasteiger partial charge >= 0.3 is 0 Å². The van der Waals surface area contributed by atoms with Gasteiger partial charge in [-0.25, -0.2) is 0 Å². The van der Waals surface area contributed by atoms with Gasteiger partial charge in [0.25, 0.3) is 5.91 Å². The summed E-state index contributed by atoms with van der Waals surface area (Å²) in [5.74, 6) is 0.933. The minimum Gasteiger partial charge on any atom is -0.340 e. The van der Waals surface area contributed by atoms with Gasteiger partial charge < -0.3 is 15.6 Å². The first-order valence-electron chi connectivity index (χ1n) is 8.89. The number of benzene rings is 1. The van der Waals surface area contributed by atoms with E-state index >= 15 is 0 Å². The molecule has 1 aromatic heterocycles. The molecular weight excluding hydrogens is 316 g/mol. The van der Waals surface area contributed by atoms with Crippen molar-refractivity contribution in [1.29, 1.82) is 0 Å². The van der Waals surface area contributed by atoms with Crippen molar-refractivity contribution in [3.8, 4) is 0 Å². The predicted molar refractivity (Wildman–Crippen MR) is 94.9 cm³/mol. The lowest BCUT2D eigenvalue weighted by Crippen LogP contribution is -2.35. The molecule has 1 heterocycles. The smallest absolute Gasteiger partial charge is 0.251 e. The Balaban J connectivity index is 1.80. The van der Waals surface area contributed by atoms with Crippen LogP contribution in [0.5, 0.6) is 0 Å². The van der Waals surface area contributed by atoms with Crippen molar-refractivity contribution in [3.63, 3.8) is 0 Å². The quantitative estimate of drug-likeness (QED) is 0.870. The summed E-state index contributed by atoms with van der Waals surface area (Å²) in [6.07, 6.45) is 3.90. The highest BCUT2D eigenvalue weighted by Gasteiger charge is 2.37. The molecule has 6 nitrogen and oxygen atoms in total. The van der Waals surface area contributed by atoms with Gasteiger partial charge in [-0.2, -0.15) is 4.98 Å². The molecule has 0 spiro atoms. The highest BCUT2D eigenvalue weighted by molar-refractivity contribution is 5.94. The zero-order valence-electron chi connectivity index (χ0n) is 15.1. The van der Waals surface area contributed by atoms with Gasteiger partial charge in [0.15, 0.2) is 5.82 Å². The maximum absolute atomic E-state index is 12.6. The summed E-state index contributed by atoms with van der Waals surface area (Å²) >= 11 is 0. The molecule has 3 rings (SSSR count). The van der Waals surface area contributed by atoms with Crippen LogP contribution < -0.4 is 11.1 Å². The SMILES string of the molecule is Cc1cccc(C(=O)NC(c2nc(C3(N)CCCC3)no2)C(C)C)c1. The molecule has 1 unspecified atom stereocenters. The summed E-state index contributed by atoms with van der Waals surface area (Å²) < 4.78 is 5.47. The molecule has 1 fully saturated rings. The molecule has 1 aliphatic carbocycles. The topological polar surface area (TPSA) is 94.0 Å². The molecule has 0 bridgehead atoms. The molecule has 1 aromatic carbocycles. The molecule has 1 amide bonds. The van der Waals surface area contributed by atoms with Crippen LogP contribution in [-0.4, -0.2) is 16.0 Å². The molecule has 0 saturated heterocycles. The number of nitrogens with two attached hydrogens (primary N) is 1. The molecule has 6 heteroatoms. The number of carbonyl (C=O) groups is 1. The summed E-state index contributed by atoms with van der Waals surface area (Å²) in [5, 5.41) is 7.12. The van der Waals surface area contributed by atoms with E-state index in [0.29, 0.717) is 17.3 Å². The van der Waals surface area contributed by atoms with Gasteiger partial charge in [0.2, 0.25) is 5.89 Å². The molecule has 2 aromatic rings. The van der Waals surface area contributed by atoms with E-state index < -0.39 is 5.54 Å². The Hall–Kier alpha value is -2.21. The molecule has 134 valence electrons. The fourth-order valence-electron chi connectivity index (χ4n) is 3.32. The number of hydrogen-bond donors (Lipinski definition) is 2. The van der Waals surface area contributed by atoms with Crippen molar-refractivity contribution in [1.82, 2.24) is 15.5 Å². The number of rotatable bonds is 5. The third-order valence-corrected chi connectivity index (χ3v) is 4.88. The van der Waals surface area contributed by atoms with Gasteiger partial charge in [0, 0.05) is 5.56 Å². The summed E-state index contributed by atoms with van der Waals surface area (Å²) in [5.41, 5.74) is 7.57. The molecule has 3 N–H and O–H groups in total. The molecule has 0 radical (unpaired) electrons. The van der Waals surface area contributed by atoms with E-state index in [9.17, 15) is 4.79 Å². The number of hydrogen-bond acceptors (Lipinski definition) is 5. The summed E-state index contributed by atoms with van der Waals surface area (Å²) in [6.45, 7) is 5.99. The summed E-state index contributed by atoms with van der Waals surface area (Å²) in [7, 11) is 0. The molecule has 1 atom stereocenters. The monoisotopic (exact) mass is 342 g/mol. The van der Waals surface area contributed by atoms with Gasteiger partial charge in [0.1, 0.15) is 6.04 Å². The number of nitrogens with one attached hydrogen (secondary N) is 1. The minimum atomic E-state index is -0.496. The van der Waals surface area contributed by atoms with Crippen LogP contribution in [0.1, 0.15) is 73.2 Å². The maximum Gasteiger partial charge on any atom is 0.251 e. The van der Waals surface area contributed by atoms with Crippen LogP contribution in [0.4, 0.5) is 0 Å². The van der Waals surface area contributed by atoms with Crippen LogP contribution >= 0.6 is 0 Å². The van der Waals surface area contributed by atoms with Crippen LogP contribution in [0.3, 0.4) is 0 Å². The number of nitrogens with zero attached hydrogens (tertiary/aromatic N) is 2. The number of aryl methyl sites for hydroxylation is 1. The van der Waals surface area contributed by atoms with Gasteiger partial charge in [0.05, 0.1) is 5.54 Å². The zero-order valence-corrected chi connectivity index (χ0v) is 15.1. The average molecular weight is 342 g/mol. The molecule has 1 saturated carbocycles. The lowest BCUT2D eigenvalue weighted by atomic mass is 9.98. The van der Waals surface area contributed by atoms with Gasteiger partial charge in [-0.15, -0.1) is 0 Å². The average Bonchev–Trinajstić information content (AvgIpc) is 3.22. The number of carbonyl (C=O) groups excluding carboxylic acids is 1. The fraction of sp³-hybridized carbons (Fsp3) is 0.526. The lowest BCUT2D eigenvalue weighted by molar-refractivity contribution is 0.0914. The standard InChI is InChI=1S/C19H26N4O2/c1-12(2)15(21-16(24)14-8-6-7-13(3)11-14)17-22-18(23-25-17)19(20)9-4-5-10-19/h6-8,11-12,15H,4-5,9-10,20H2,1-3H3,(H,21,24). The second-order valence-electron chi connectivity index (χ2n) is 7.38. The first-order chi connectivity index (χ1) is 11.9.